The maximum Gasteiger partial charge on any atom is 0.269 e. The molecule has 0 aromatic heterocycles. The van der Waals surface area contributed by atoms with Crippen LogP contribution in [0, 0.1) is 0 Å². The molecule has 1 amide bonds. The van der Waals surface area contributed by atoms with E-state index in [2.05, 4.69) is 0 Å². The van der Waals surface area contributed by atoms with Crippen LogP contribution in [-0.4, -0.2) is 55.5 Å². The molecule has 0 bridgehead atoms. The first-order valence-corrected chi connectivity index (χ1v) is 8.56. The van der Waals surface area contributed by atoms with Gasteiger partial charge in [-0.3, -0.25) is 9.63 Å². The Bertz CT molecular complexity index is 647. The monoisotopic (exact) mass is 363 g/mol. The molecular formula is C19H25NO6. The summed E-state index contributed by atoms with van der Waals surface area (Å²) in [6, 6.07) is 9.86. The van der Waals surface area contributed by atoms with Crippen LogP contribution in [0.3, 0.4) is 0 Å². The molecule has 26 heavy (non-hydrogen) atoms. The summed E-state index contributed by atoms with van der Waals surface area (Å²) in [5, 5.41) is 1.13. The van der Waals surface area contributed by atoms with Crippen molar-refractivity contribution in [3.63, 3.8) is 0 Å². The summed E-state index contributed by atoms with van der Waals surface area (Å²) in [4.78, 5) is 16.8. The highest BCUT2D eigenvalue weighted by Gasteiger charge is 2.54. The van der Waals surface area contributed by atoms with Crippen LogP contribution in [0.2, 0.25) is 0 Å². The second kappa shape index (κ2) is 7.85. The van der Waals surface area contributed by atoms with E-state index in [4.69, 9.17) is 23.8 Å². The minimum absolute atomic E-state index is 0.294. The second-order valence-corrected chi connectivity index (χ2v) is 6.71. The molecule has 2 heterocycles. The number of likely N-dealkylation sites (N-methyl/N-ethyl adjacent to an activating group) is 1. The molecule has 0 aliphatic carbocycles. The molecule has 0 saturated carbocycles. The van der Waals surface area contributed by atoms with Crippen molar-refractivity contribution in [1.29, 1.82) is 0 Å². The second-order valence-electron chi connectivity index (χ2n) is 6.71. The Morgan fingerprint density at radius 3 is 2.69 bits per heavy atom. The Kier molecular flexibility index (Phi) is 5.74. The molecule has 3 rings (SSSR count). The minimum atomic E-state index is -0.732. The molecule has 4 atom stereocenters. The molecule has 2 aliphatic rings. The largest absolute Gasteiger partial charge is 0.368 e. The Balaban J connectivity index is 1.70. The predicted molar refractivity (Wildman–Crippen MR) is 92.6 cm³/mol. The van der Waals surface area contributed by atoms with Gasteiger partial charge in [-0.25, -0.2) is 5.06 Å². The van der Waals surface area contributed by atoms with Gasteiger partial charge in [0, 0.05) is 13.1 Å². The first-order valence-electron chi connectivity index (χ1n) is 8.56. The molecule has 2 fully saturated rings. The van der Waals surface area contributed by atoms with Crippen molar-refractivity contribution in [3.8, 4) is 0 Å². The number of nitrogens with zero attached hydrogens (tertiary/aromatic N) is 1. The number of fused-ring (bicyclic) bond motifs is 1. The number of benzene rings is 1. The van der Waals surface area contributed by atoms with Crippen LogP contribution in [0.25, 0.3) is 0 Å². The lowest BCUT2D eigenvalue weighted by Gasteiger charge is -2.24. The molecule has 142 valence electrons. The van der Waals surface area contributed by atoms with E-state index in [0.717, 1.165) is 10.6 Å². The standard InChI is InChI=1S/C19H25NO6/c1-19(2)25-17-16(23-12-13-8-6-5-7-9-13)14(24-18(17)26-19)10-11-15(21)20(3)22-4/h5-11,14,16-18H,12H2,1-4H3/b11-10+. The zero-order valence-corrected chi connectivity index (χ0v) is 15.5. The first-order chi connectivity index (χ1) is 12.4. The molecule has 4 unspecified atom stereocenters. The topological polar surface area (TPSA) is 66.5 Å². The van der Waals surface area contributed by atoms with Gasteiger partial charge < -0.3 is 18.9 Å². The van der Waals surface area contributed by atoms with E-state index in [1.807, 2.05) is 44.2 Å². The van der Waals surface area contributed by atoms with Gasteiger partial charge in [0.15, 0.2) is 12.1 Å². The minimum Gasteiger partial charge on any atom is -0.368 e. The van der Waals surface area contributed by atoms with Gasteiger partial charge in [-0.1, -0.05) is 30.3 Å². The van der Waals surface area contributed by atoms with Crippen molar-refractivity contribution in [1.82, 2.24) is 5.06 Å². The molecule has 7 nitrogen and oxygen atoms in total. The van der Waals surface area contributed by atoms with Gasteiger partial charge in [0.2, 0.25) is 0 Å². The zero-order chi connectivity index (χ0) is 18.7. The Hall–Kier alpha value is -1.77. The normalized spacial score (nSPS) is 29.8. The van der Waals surface area contributed by atoms with Gasteiger partial charge in [-0.15, -0.1) is 0 Å². The van der Waals surface area contributed by atoms with Crippen LogP contribution in [0.1, 0.15) is 19.4 Å². The average Bonchev–Trinajstić information content (AvgIpc) is 3.09. The lowest BCUT2D eigenvalue weighted by atomic mass is 10.1. The quantitative estimate of drug-likeness (QED) is 0.569. The van der Waals surface area contributed by atoms with E-state index in [-0.39, 0.29) is 18.1 Å². The van der Waals surface area contributed by atoms with Crippen molar-refractivity contribution in [2.75, 3.05) is 14.2 Å². The van der Waals surface area contributed by atoms with E-state index < -0.39 is 18.2 Å². The van der Waals surface area contributed by atoms with Crippen LogP contribution in [0.4, 0.5) is 0 Å². The van der Waals surface area contributed by atoms with Gasteiger partial charge in [0.05, 0.1) is 13.7 Å². The molecule has 2 saturated heterocycles. The molecule has 7 heteroatoms. The number of ether oxygens (including phenoxy) is 4. The van der Waals surface area contributed by atoms with Gasteiger partial charge >= 0.3 is 0 Å². The molecule has 0 spiro atoms. The average molecular weight is 363 g/mol. The summed E-state index contributed by atoms with van der Waals surface area (Å²) in [5.74, 6) is -1.03. The maximum absolute atomic E-state index is 11.9. The summed E-state index contributed by atoms with van der Waals surface area (Å²) in [7, 11) is 2.97. The Morgan fingerprint density at radius 2 is 2.00 bits per heavy atom. The first kappa shape index (κ1) is 19.0. The zero-order valence-electron chi connectivity index (χ0n) is 15.5. The van der Waals surface area contributed by atoms with Crippen LogP contribution < -0.4 is 0 Å². The highest BCUT2D eigenvalue weighted by Crippen LogP contribution is 2.39. The molecular weight excluding hydrogens is 338 g/mol. The van der Waals surface area contributed by atoms with Gasteiger partial charge in [0.25, 0.3) is 5.91 Å². The summed E-state index contributed by atoms with van der Waals surface area (Å²) < 4.78 is 23.7. The summed E-state index contributed by atoms with van der Waals surface area (Å²) in [6.45, 7) is 4.09. The van der Waals surface area contributed by atoms with Crippen LogP contribution >= 0.6 is 0 Å². The number of hydrogen-bond donors (Lipinski definition) is 0. The third kappa shape index (κ3) is 4.31. The van der Waals surface area contributed by atoms with Crippen LogP contribution in [0.5, 0.6) is 0 Å². The smallest absolute Gasteiger partial charge is 0.269 e. The third-order valence-corrected chi connectivity index (χ3v) is 4.32. The Morgan fingerprint density at radius 1 is 1.27 bits per heavy atom. The highest BCUT2D eigenvalue weighted by molar-refractivity contribution is 5.86. The summed E-state index contributed by atoms with van der Waals surface area (Å²) in [5.41, 5.74) is 1.05. The molecule has 0 N–H and O–H groups in total. The number of carbonyl (C=O) groups is 1. The number of amides is 1. The van der Waals surface area contributed by atoms with E-state index in [1.54, 1.807) is 6.08 Å². The summed E-state index contributed by atoms with van der Waals surface area (Å²) in [6.07, 6.45) is 1.32. The summed E-state index contributed by atoms with van der Waals surface area (Å²) >= 11 is 0. The van der Waals surface area contributed by atoms with Gasteiger partial charge in [-0.05, 0) is 25.5 Å². The fourth-order valence-electron chi connectivity index (χ4n) is 2.99. The van der Waals surface area contributed by atoms with Crippen molar-refractivity contribution < 1.29 is 28.6 Å². The number of hydrogen-bond acceptors (Lipinski definition) is 6. The predicted octanol–water partition coefficient (Wildman–Crippen LogP) is 2.02. The van der Waals surface area contributed by atoms with Crippen molar-refractivity contribution in [2.45, 2.75) is 50.8 Å². The highest BCUT2D eigenvalue weighted by atomic mass is 16.8. The fraction of sp³-hybridized carbons (Fsp3) is 0.526. The maximum atomic E-state index is 11.9. The molecule has 0 radical (unpaired) electrons. The van der Waals surface area contributed by atoms with E-state index in [9.17, 15) is 4.79 Å². The molecule has 1 aromatic rings. The number of carbonyl (C=O) groups excluding carboxylic acids is 1. The van der Waals surface area contributed by atoms with Crippen molar-refractivity contribution >= 4 is 5.91 Å². The van der Waals surface area contributed by atoms with E-state index in [1.165, 1.54) is 20.2 Å². The third-order valence-electron chi connectivity index (χ3n) is 4.32. The van der Waals surface area contributed by atoms with Gasteiger partial charge in [0.1, 0.15) is 18.3 Å². The number of hydroxylamine groups is 2. The van der Waals surface area contributed by atoms with E-state index in [0.29, 0.717) is 6.61 Å². The molecule has 1 aromatic carbocycles. The lowest BCUT2D eigenvalue weighted by molar-refractivity contribution is -0.213. The number of rotatable bonds is 6. The van der Waals surface area contributed by atoms with Crippen molar-refractivity contribution in [3.05, 3.63) is 48.0 Å². The van der Waals surface area contributed by atoms with Gasteiger partial charge in [-0.2, -0.15) is 0 Å². The van der Waals surface area contributed by atoms with Crippen LogP contribution in [-0.2, 0) is 35.2 Å². The van der Waals surface area contributed by atoms with Crippen molar-refractivity contribution in [2.24, 2.45) is 0 Å². The lowest BCUT2D eigenvalue weighted by Crippen LogP contribution is -2.36. The SMILES string of the molecule is CON(C)C(=O)/C=C/C1OC2OC(C)(C)OC2C1OCc1ccccc1. The fourth-order valence-corrected chi connectivity index (χ4v) is 2.99. The van der Waals surface area contributed by atoms with Crippen LogP contribution in [0.15, 0.2) is 42.5 Å². The van der Waals surface area contributed by atoms with E-state index >= 15 is 0 Å². The molecule has 2 aliphatic heterocycles. The Labute approximate surface area is 153 Å².